The predicted molar refractivity (Wildman–Crippen MR) is 74.5 cm³/mol. The fourth-order valence-electron chi connectivity index (χ4n) is 1.43. The lowest BCUT2D eigenvalue weighted by molar-refractivity contribution is -0.117. The maximum absolute atomic E-state index is 13.5. The van der Waals surface area contributed by atoms with Gasteiger partial charge in [-0.3, -0.25) is 9.59 Å². The van der Waals surface area contributed by atoms with Gasteiger partial charge < -0.3 is 16.8 Å². The molecule has 0 radical (unpaired) electrons. The van der Waals surface area contributed by atoms with Crippen LogP contribution in [-0.2, 0) is 4.79 Å². The lowest BCUT2D eigenvalue weighted by Gasteiger charge is -2.13. The molecule has 0 bridgehead atoms. The molecule has 110 valence electrons. The minimum absolute atomic E-state index is 0.329. The smallest absolute Gasteiger partial charge is 0.251 e. The van der Waals surface area contributed by atoms with Crippen LogP contribution in [0.2, 0.25) is 0 Å². The van der Waals surface area contributed by atoms with Crippen LogP contribution in [0.5, 0.6) is 0 Å². The second-order valence-corrected chi connectivity index (χ2v) is 5.04. The van der Waals surface area contributed by atoms with Gasteiger partial charge in [-0.1, -0.05) is 0 Å². The van der Waals surface area contributed by atoms with Gasteiger partial charge in [0.2, 0.25) is 5.91 Å². The maximum Gasteiger partial charge on any atom is 0.251 e. The molecule has 1 aromatic carbocycles. The molecule has 2 amide bonds. The third-order valence-electron chi connectivity index (χ3n) is 2.55. The summed E-state index contributed by atoms with van der Waals surface area (Å²) in [6.45, 7) is 0. The Morgan fingerprint density at radius 2 is 2.00 bits per heavy atom. The highest BCUT2D eigenvalue weighted by molar-refractivity contribution is 7.98. The lowest BCUT2D eigenvalue weighted by Crippen LogP contribution is -2.36. The minimum atomic E-state index is -1.08. The molecule has 0 saturated heterocycles. The molecule has 0 aliphatic carbocycles. The van der Waals surface area contributed by atoms with Gasteiger partial charge in [-0.25, -0.2) is 8.78 Å². The second-order valence-electron chi connectivity index (χ2n) is 4.05. The molecule has 1 rings (SSSR count). The summed E-state index contributed by atoms with van der Waals surface area (Å²) < 4.78 is 26.8. The number of halogens is 2. The van der Waals surface area contributed by atoms with E-state index in [0.29, 0.717) is 18.2 Å². The van der Waals surface area contributed by atoms with Crippen molar-refractivity contribution in [2.45, 2.75) is 12.5 Å². The molecule has 5 N–H and O–H groups in total. The highest BCUT2D eigenvalue weighted by atomic mass is 32.2. The van der Waals surface area contributed by atoms with E-state index in [1.54, 1.807) is 0 Å². The van der Waals surface area contributed by atoms with Crippen molar-refractivity contribution >= 4 is 29.3 Å². The van der Waals surface area contributed by atoms with Crippen molar-refractivity contribution in [3.63, 3.8) is 0 Å². The average molecular weight is 303 g/mol. The monoisotopic (exact) mass is 303 g/mol. The second kappa shape index (κ2) is 7.20. The van der Waals surface area contributed by atoms with Gasteiger partial charge in [0.25, 0.3) is 5.91 Å². The quantitative estimate of drug-likeness (QED) is 0.732. The Morgan fingerprint density at radius 1 is 1.35 bits per heavy atom. The Bertz CT molecular complexity index is 526. The van der Waals surface area contributed by atoms with Gasteiger partial charge in [-0.15, -0.1) is 0 Å². The first-order chi connectivity index (χ1) is 9.36. The highest BCUT2D eigenvalue weighted by Gasteiger charge is 2.18. The van der Waals surface area contributed by atoms with Crippen molar-refractivity contribution in [1.82, 2.24) is 0 Å². The highest BCUT2D eigenvalue weighted by Crippen LogP contribution is 2.19. The van der Waals surface area contributed by atoms with Crippen LogP contribution in [-0.4, -0.2) is 29.9 Å². The molecule has 0 heterocycles. The number of benzene rings is 1. The first kappa shape index (κ1) is 16.4. The van der Waals surface area contributed by atoms with E-state index in [0.717, 1.165) is 6.07 Å². The number of hydrogen-bond acceptors (Lipinski definition) is 4. The molecule has 0 spiro atoms. The number of nitrogens with one attached hydrogen (secondary N) is 1. The van der Waals surface area contributed by atoms with E-state index in [1.807, 2.05) is 6.26 Å². The van der Waals surface area contributed by atoms with E-state index in [-0.39, 0.29) is 5.69 Å². The molecule has 0 aliphatic rings. The molecule has 1 atom stereocenters. The zero-order valence-electron chi connectivity index (χ0n) is 10.8. The zero-order valence-corrected chi connectivity index (χ0v) is 11.6. The normalized spacial score (nSPS) is 12.0. The van der Waals surface area contributed by atoms with Crippen LogP contribution in [0.4, 0.5) is 14.5 Å². The van der Waals surface area contributed by atoms with Gasteiger partial charge in [0.1, 0.15) is 11.6 Å². The summed E-state index contributed by atoms with van der Waals surface area (Å²) in [7, 11) is 0. The topological polar surface area (TPSA) is 98.2 Å². The number of carbonyl (C=O) groups excluding carboxylic acids is 2. The van der Waals surface area contributed by atoms with Crippen LogP contribution in [0, 0.1) is 11.6 Å². The number of primary amides is 1. The van der Waals surface area contributed by atoms with Crippen LogP contribution < -0.4 is 16.8 Å². The van der Waals surface area contributed by atoms with Crippen LogP contribution in [0.3, 0.4) is 0 Å². The van der Waals surface area contributed by atoms with E-state index in [9.17, 15) is 18.4 Å². The van der Waals surface area contributed by atoms with Gasteiger partial charge in [0.15, 0.2) is 0 Å². The van der Waals surface area contributed by atoms with E-state index in [2.05, 4.69) is 5.32 Å². The van der Waals surface area contributed by atoms with Gasteiger partial charge in [-0.2, -0.15) is 11.8 Å². The van der Waals surface area contributed by atoms with Crippen LogP contribution in [0.15, 0.2) is 12.1 Å². The molecule has 0 unspecified atom stereocenters. The standard InChI is InChI=1S/C12H15F2N3O2S/c1-20-3-2-9(15)12(19)17-10-4-6(11(16)18)7(13)5-8(10)14/h4-5,9H,2-3,15H2,1H3,(H2,16,18)(H,17,19)/t9-/m0/s1. The molecule has 5 nitrogen and oxygen atoms in total. The van der Waals surface area contributed by atoms with Gasteiger partial charge >= 0.3 is 0 Å². The molecular weight excluding hydrogens is 288 g/mol. The molecular formula is C12H15F2N3O2S. The Balaban J connectivity index is 2.89. The maximum atomic E-state index is 13.5. The van der Waals surface area contributed by atoms with Gasteiger partial charge in [0, 0.05) is 6.07 Å². The number of hydrogen-bond donors (Lipinski definition) is 3. The van der Waals surface area contributed by atoms with E-state index in [1.165, 1.54) is 11.8 Å². The molecule has 0 fully saturated rings. The third kappa shape index (κ3) is 4.17. The Kier molecular flexibility index (Phi) is 5.90. The minimum Gasteiger partial charge on any atom is -0.366 e. The van der Waals surface area contributed by atoms with Crippen LogP contribution >= 0.6 is 11.8 Å². The Labute approximate surface area is 119 Å². The number of amides is 2. The number of thioether (sulfide) groups is 1. The Morgan fingerprint density at radius 3 is 2.55 bits per heavy atom. The number of anilines is 1. The largest absolute Gasteiger partial charge is 0.366 e. The van der Waals surface area contributed by atoms with Crippen molar-refractivity contribution < 1.29 is 18.4 Å². The van der Waals surface area contributed by atoms with E-state index in [4.69, 9.17) is 11.5 Å². The zero-order chi connectivity index (χ0) is 15.3. The van der Waals surface area contributed by atoms with Crippen molar-refractivity contribution in [1.29, 1.82) is 0 Å². The number of carbonyl (C=O) groups is 2. The first-order valence-electron chi connectivity index (χ1n) is 5.71. The summed E-state index contributed by atoms with van der Waals surface area (Å²) in [5, 5.41) is 2.22. The fraction of sp³-hybridized carbons (Fsp3) is 0.333. The van der Waals surface area contributed by atoms with Crippen LogP contribution in [0.1, 0.15) is 16.8 Å². The first-order valence-corrected chi connectivity index (χ1v) is 7.10. The van der Waals surface area contributed by atoms with Crippen molar-refractivity contribution in [2.75, 3.05) is 17.3 Å². The van der Waals surface area contributed by atoms with Crippen molar-refractivity contribution in [3.05, 3.63) is 29.3 Å². The molecule has 0 saturated carbocycles. The predicted octanol–water partition coefficient (Wildman–Crippen LogP) is 1.08. The molecule has 1 aromatic rings. The number of rotatable bonds is 6. The van der Waals surface area contributed by atoms with Crippen molar-refractivity contribution in [3.8, 4) is 0 Å². The fourth-order valence-corrected chi connectivity index (χ4v) is 1.92. The average Bonchev–Trinajstić information content (AvgIpc) is 2.38. The van der Waals surface area contributed by atoms with E-state index < -0.39 is 35.1 Å². The third-order valence-corrected chi connectivity index (χ3v) is 3.19. The van der Waals surface area contributed by atoms with E-state index >= 15 is 0 Å². The summed E-state index contributed by atoms with van der Waals surface area (Å²) in [6, 6.07) is 0.527. The lowest BCUT2D eigenvalue weighted by atomic mass is 10.1. The number of nitrogens with two attached hydrogens (primary N) is 2. The summed E-state index contributed by atoms with van der Waals surface area (Å²) in [4.78, 5) is 22.7. The van der Waals surface area contributed by atoms with Gasteiger partial charge in [0.05, 0.1) is 17.3 Å². The summed E-state index contributed by atoms with van der Waals surface area (Å²) >= 11 is 1.52. The summed E-state index contributed by atoms with van der Waals surface area (Å²) in [6.07, 6.45) is 2.28. The van der Waals surface area contributed by atoms with Crippen molar-refractivity contribution in [2.24, 2.45) is 11.5 Å². The molecule has 20 heavy (non-hydrogen) atoms. The summed E-state index contributed by atoms with van der Waals surface area (Å²) in [5.41, 5.74) is 9.73. The molecule has 0 aliphatic heterocycles. The summed E-state index contributed by atoms with van der Waals surface area (Å²) in [5.74, 6) is -3.07. The Hall–Kier alpha value is -1.67. The molecule has 8 heteroatoms. The van der Waals surface area contributed by atoms with Crippen LogP contribution in [0.25, 0.3) is 0 Å². The molecule has 0 aromatic heterocycles. The SMILES string of the molecule is CSCC[C@H](N)C(=O)Nc1cc(C(N)=O)c(F)cc1F. The van der Waals surface area contributed by atoms with Gasteiger partial charge in [-0.05, 0) is 24.5 Å².